The molecular weight excluding hydrogens is 167 g/mol. The van der Waals surface area contributed by atoms with E-state index in [2.05, 4.69) is 30.3 Å². The molecule has 12 heavy (non-hydrogen) atoms. The average molecular weight is 176 g/mol. The average Bonchev–Trinajstić information content (AvgIpc) is 2.80. The van der Waals surface area contributed by atoms with Gasteiger partial charge in [0, 0.05) is 11.7 Å². The zero-order valence-electron chi connectivity index (χ0n) is 6.66. The normalized spacial score (nSPS) is 25.2. The van der Waals surface area contributed by atoms with E-state index in [0.29, 0.717) is 0 Å². The standard InChI is InChI=1S/C10H9OP/c1-2-4-8(5-3-1)9-6-7-12-10(9)11-12/h1-5H,6-7H2. The maximum Gasteiger partial charge on any atom is 0.166 e. The lowest BCUT2D eigenvalue weighted by molar-refractivity contribution is 0.630. The Balaban J connectivity index is 2.05. The van der Waals surface area contributed by atoms with E-state index in [1.165, 1.54) is 29.2 Å². The SMILES string of the molecule is c1ccc(C2=C3OP3CC2)cc1. The largest absolute Gasteiger partial charge is 0.462 e. The highest BCUT2D eigenvalue weighted by Gasteiger charge is 2.42. The molecule has 0 aromatic heterocycles. The van der Waals surface area contributed by atoms with E-state index in [4.69, 9.17) is 4.52 Å². The van der Waals surface area contributed by atoms with Gasteiger partial charge < -0.3 is 4.52 Å². The quantitative estimate of drug-likeness (QED) is 0.473. The second-order valence-electron chi connectivity index (χ2n) is 3.09. The molecule has 0 radical (unpaired) electrons. The minimum absolute atomic E-state index is 0.0817. The first-order valence-corrected chi connectivity index (χ1v) is 5.64. The minimum atomic E-state index is -0.0817. The number of benzene rings is 1. The Labute approximate surface area is 72.9 Å². The molecule has 2 aliphatic rings. The van der Waals surface area contributed by atoms with E-state index in [1.54, 1.807) is 0 Å². The van der Waals surface area contributed by atoms with Crippen LogP contribution in [0.2, 0.25) is 0 Å². The second kappa shape index (κ2) is 2.34. The van der Waals surface area contributed by atoms with E-state index in [9.17, 15) is 0 Å². The monoisotopic (exact) mass is 176 g/mol. The summed E-state index contributed by atoms with van der Waals surface area (Å²) in [5.41, 5.74) is 4.13. The van der Waals surface area contributed by atoms with Gasteiger partial charge in [0.2, 0.25) is 0 Å². The summed E-state index contributed by atoms with van der Waals surface area (Å²) < 4.78 is 5.46. The lowest BCUT2D eigenvalue weighted by atomic mass is 10.1. The summed E-state index contributed by atoms with van der Waals surface area (Å²) in [6.07, 6.45) is 2.49. The summed E-state index contributed by atoms with van der Waals surface area (Å²) in [5.74, 6) is 0. The fourth-order valence-electron chi connectivity index (χ4n) is 1.66. The van der Waals surface area contributed by atoms with Crippen LogP contribution in [0.15, 0.2) is 35.8 Å². The van der Waals surface area contributed by atoms with Gasteiger partial charge in [-0.3, -0.25) is 0 Å². The molecule has 0 spiro atoms. The molecule has 1 atom stereocenters. The van der Waals surface area contributed by atoms with Crippen LogP contribution in [0.25, 0.3) is 5.57 Å². The minimum Gasteiger partial charge on any atom is -0.462 e. The summed E-state index contributed by atoms with van der Waals surface area (Å²) in [5, 5.41) is 0. The van der Waals surface area contributed by atoms with Gasteiger partial charge in [-0.2, -0.15) is 0 Å². The molecule has 2 heterocycles. The van der Waals surface area contributed by atoms with Crippen LogP contribution in [0, 0.1) is 0 Å². The highest BCUT2D eigenvalue weighted by Crippen LogP contribution is 2.72. The van der Waals surface area contributed by atoms with E-state index in [-0.39, 0.29) is 8.15 Å². The molecule has 1 aromatic carbocycles. The first-order chi connectivity index (χ1) is 5.95. The Morgan fingerprint density at radius 1 is 1.17 bits per heavy atom. The maximum absolute atomic E-state index is 5.46. The van der Waals surface area contributed by atoms with E-state index < -0.39 is 0 Å². The summed E-state index contributed by atoms with van der Waals surface area (Å²) >= 11 is 0. The van der Waals surface area contributed by atoms with Gasteiger partial charge in [-0.1, -0.05) is 30.3 Å². The molecule has 0 bridgehead atoms. The van der Waals surface area contributed by atoms with Crippen molar-refractivity contribution in [3.63, 3.8) is 0 Å². The van der Waals surface area contributed by atoms with Crippen molar-refractivity contribution < 1.29 is 4.52 Å². The first kappa shape index (κ1) is 6.68. The van der Waals surface area contributed by atoms with Gasteiger partial charge in [0.25, 0.3) is 0 Å². The lowest BCUT2D eigenvalue weighted by Gasteiger charge is -2.00. The fourth-order valence-corrected chi connectivity index (χ4v) is 3.38. The summed E-state index contributed by atoms with van der Waals surface area (Å²) in [6.45, 7) is 0. The molecular formula is C10H9OP. The molecule has 1 unspecified atom stereocenters. The van der Waals surface area contributed by atoms with Crippen LogP contribution in [-0.2, 0) is 4.52 Å². The van der Waals surface area contributed by atoms with Crippen LogP contribution in [0.1, 0.15) is 12.0 Å². The molecule has 0 saturated carbocycles. The lowest BCUT2D eigenvalue weighted by Crippen LogP contribution is -1.82. The van der Waals surface area contributed by atoms with Crippen molar-refractivity contribution in [1.29, 1.82) is 0 Å². The number of fused-ring (bicyclic) bond motifs is 1. The van der Waals surface area contributed by atoms with Crippen LogP contribution >= 0.6 is 8.15 Å². The molecule has 2 heteroatoms. The molecule has 60 valence electrons. The second-order valence-corrected chi connectivity index (χ2v) is 4.89. The molecule has 1 saturated heterocycles. The van der Waals surface area contributed by atoms with Crippen LogP contribution in [0.4, 0.5) is 0 Å². The molecule has 1 fully saturated rings. The van der Waals surface area contributed by atoms with Crippen molar-refractivity contribution in [3.05, 3.63) is 41.4 Å². The highest BCUT2D eigenvalue weighted by molar-refractivity contribution is 7.64. The Bertz CT molecular complexity index is 342. The van der Waals surface area contributed by atoms with Crippen molar-refractivity contribution in [2.24, 2.45) is 0 Å². The highest BCUT2D eigenvalue weighted by atomic mass is 31.2. The van der Waals surface area contributed by atoms with Crippen LogP contribution in [0.3, 0.4) is 0 Å². The molecule has 0 aliphatic carbocycles. The van der Waals surface area contributed by atoms with Crippen molar-refractivity contribution in [2.75, 3.05) is 6.16 Å². The smallest absolute Gasteiger partial charge is 0.166 e. The third kappa shape index (κ3) is 0.899. The Kier molecular flexibility index (Phi) is 1.30. The maximum atomic E-state index is 5.46. The zero-order valence-corrected chi connectivity index (χ0v) is 7.55. The van der Waals surface area contributed by atoms with Gasteiger partial charge in [0.15, 0.2) is 13.6 Å². The van der Waals surface area contributed by atoms with Crippen molar-refractivity contribution in [1.82, 2.24) is 0 Å². The molecule has 0 amide bonds. The zero-order chi connectivity index (χ0) is 7.97. The van der Waals surface area contributed by atoms with Gasteiger partial charge in [0.1, 0.15) is 0 Å². The van der Waals surface area contributed by atoms with E-state index in [0.717, 1.165) is 0 Å². The molecule has 1 nitrogen and oxygen atoms in total. The predicted molar refractivity (Wildman–Crippen MR) is 50.9 cm³/mol. The van der Waals surface area contributed by atoms with Crippen molar-refractivity contribution in [2.45, 2.75) is 6.42 Å². The molecule has 0 N–H and O–H groups in total. The molecule has 2 aliphatic heterocycles. The summed E-state index contributed by atoms with van der Waals surface area (Å²) in [6, 6.07) is 10.6. The fraction of sp³-hybridized carbons (Fsp3) is 0.200. The van der Waals surface area contributed by atoms with Crippen LogP contribution in [0.5, 0.6) is 0 Å². The first-order valence-electron chi connectivity index (χ1n) is 4.19. The number of hydrogen-bond donors (Lipinski definition) is 0. The van der Waals surface area contributed by atoms with Crippen LogP contribution in [-0.4, -0.2) is 6.16 Å². The third-order valence-corrected chi connectivity index (χ3v) is 4.02. The van der Waals surface area contributed by atoms with E-state index in [1.807, 2.05) is 0 Å². The topological polar surface area (TPSA) is 12.5 Å². The van der Waals surface area contributed by atoms with Crippen molar-refractivity contribution in [3.8, 4) is 0 Å². The van der Waals surface area contributed by atoms with Gasteiger partial charge in [-0.25, -0.2) is 0 Å². The Morgan fingerprint density at radius 2 is 2.00 bits per heavy atom. The predicted octanol–water partition coefficient (Wildman–Crippen LogP) is 3.19. The molecule has 3 rings (SSSR count). The van der Waals surface area contributed by atoms with Gasteiger partial charge in [-0.15, -0.1) is 0 Å². The summed E-state index contributed by atoms with van der Waals surface area (Å²) in [7, 11) is -0.0817. The Morgan fingerprint density at radius 3 is 2.58 bits per heavy atom. The number of allylic oxidation sites excluding steroid dienone is 1. The number of hydrogen-bond acceptors (Lipinski definition) is 1. The summed E-state index contributed by atoms with van der Waals surface area (Å²) in [4.78, 5) is 0. The van der Waals surface area contributed by atoms with E-state index >= 15 is 0 Å². The van der Waals surface area contributed by atoms with Gasteiger partial charge >= 0.3 is 0 Å². The van der Waals surface area contributed by atoms with Crippen molar-refractivity contribution >= 4 is 13.7 Å². The van der Waals surface area contributed by atoms with Gasteiger partial charge in [-0.05, 0) is 12.0 Å². The van der Waals surface area contributed by atoms with Gasteiger partial charge in [0.05, 0.1) is 0 Å². The molecule has 1 aromatic rings. The van der Waals surface area contributed by atoms with Crippen LogP contribution < -0.4 is 0 Å². The number of rotatable bonds is 1. The Hall–Kier alpha value is -0.810. The third-order valence-electron chi connectivity index (χ3n) is 2.34.